The molecule has 0 radical (unpaired) electrons. The van der Waals surface area contributed by atoms with Crippen LogP contribution in [-0.4, -0.2) is 18.1 Å². The number of nitrogens with zero attached hydrogens (tertiary/aromatic N) is 2. The summed E-state index contributed by atoms with van der Waals surface area (Å²) in [6.45, 7) is 4.88. The topological polar surface area (TPSA) is 61.8 Å². The van der Waals surface area contributed by atoms with Crippen molar-refractivity contribution in [2.45, 2.75) is 20.4 Å². The van der Waals surface area contributed by atoms with Crippen LogP contribution in [0.1, 0.15) is 22.3 Å². The van der Waals surface area contributed by atoms with Gasteiger partial charge in [-0.1, -0.05) is 47.1 Å². The molecule has 0 fully saturated rings. The fourth-order valence-corrected chi connectivity index (χ4v) is 2.54. The van der Waals surface area contributed by atoms with E-state index in [4.69, 9.17) is 10.9 Å². The Morgan fingerprint density at radius 3 is 2.57 bits per heavy atom. The van der Waals surface area contributed by atoms with Crippen LogP contribution in [0.2, 0.25) is 0 Å². The smallest absolute Gasteiger partial charge is 0.170 e. The Morgan fingerprint density at radius 1 is 1.19 bits per heavy atom. The maximum absolute atomic E-state index is 8.89. The summed E-state index contributed by atoms with van der Waals surface area (Å²) >= 11 is 0. The van der Waals surface area contributed by atoms with Gasteiger partial charge >= 0.3 is 0 Å². The highest BCUT2D eigenvalue weighted by atomic mass is 16.4. The van der Waals surface area contributed by atoms with Crippen LogP contribution in [0.25, 0.3) is 0 Å². The number of rotatable bonds is 4. The molecule has 0 amide bonds. The van der Waals surface area contributed by atoms with E-state index in [0.717, 1.165) is 11.1 Å². The van der Waals surface area contributed by atoms with Crippen LogP contribution in [0, 0.1) is 13.8 Å². The normalized spacial score (nSPS) is 11.5. The van der Waals surface area contributed by atoms with Crippen LogP contribution in [0.3, 0.4) is 0 Å². The first-order chi connectivity index (χ1) is 10.0. The maximum atomic E-state index is 8.89. The number of oxime groups is 1. The van der Waals surface area contributed by atoms with Crippen LogP contribution in [-0.2, 0) is 6.54 Å². The Morgan fingerprint density at radius 2 is 1.90 bits per heavy atom. The molecule has 21 heavy (non-hydrogen) atoms. The number of hydrogen-bond donors (Lipinski definition) is 2. The first-order valence-electron chi connectivity index (χ1n) is 6.87. The molecule has 0 aromatic heterocycles. The molecule has 110 valence electrons. The molecule has 0 aliphatic carbocycles. The number of benzene rings is 2. The Balaban J connectivity index is 2.30. The average Bonchev–Trinajstić information content (AvgIpc) is 2.46. The van der Waals surface area contributed by atoms with E-state index in [2.05, 4.69) is 42.1 Å². The molecule has 0 bridgehead atoms. The van der Waals surface area contributed by atoms with Gasteiger partial charge in [0.2, 0.25) is 0 Å². The van der Waals surface area contributed by atoms with Crippen LogP contribution in [0.15, 0.2) is 47.6 Å². The van der Waals surface area contributed by atoms with Crippen molar-refractivity contribution < 1.29 is 5.21 Å². The lowest BCUT2D eigenvalue weighted by molar-refractivity contribution is 0.318. The first-order valence-corrected chi connectivity index (χ1v) is 6.87. The molecule has 0 aliphatic rings. The highest BCUT2D eigenvalue weighted by molar-refractivity contribution is 5.98. The third-order valence-electron chi connectivity index (χ3n) is 3.57. The molecule has 2 aromatic rings. The second-order valence-corrected chi connectivity index (χ2v) is 5.29. The maximum Gasteiger partial charge on any atom is 0.170 e. The number of hydrogen-bond acceptors (Lipinski definition) is 3. The molecule has 3 N–H and O–H groups in total. The van der Waals surface area contributed by atoms with Crippen molar-refractivity contribution >= 4 is 11.5 Å². The second-order valence-electron chi connectivity index (χ2n) is 5.29. The van der Waals surface area contributed by atoms with Crippen LogP contribution >= 0.6 is 0 Å². The van der Waals surface area contributed by atoms with Crippen molar-refractivity contribution in [2.75, 3.05) is 11.9 Å². The van der Waals surface area contributed by atoms with Crippen molar-refractivity contribution in [3.8, 4) is 0 Å². The average molecular weight is 283 g/mol. The standard InChI is InChI=1S/C17H21N3O/c1-12-8-9-16(13(2)10-12)20(3)11-14-6-4-5-7-15(14)17(18)19-21/h4-10,21H,11H2,1-3H3,(H2,18,19). The van der Waals surface area contributed by atoms with E-state index in [-0.39, 0.29) is 5.84 Å². The van der Waals surface area contributed by atoms with Gasteiger partial charge in [0.05, 0.1) is 0 Å². The summed E-state index contributed by atoms with van der Waals surface area (Å²) in [5.74, 6) is 0.139. The predicted molar refractivity (Wildman–Crippen MR) is 87.0 cm³/mol. The first kappa shape index (κ1) is 14.9. The van der Waals surface area contributed by atoms with Gasteiger partial charge in [0.1, 0.15) is 0 Å². The number of anilines is 1. The highest BCUT2D eigenvalue weighted by Gasteiger charge is 2.10. The van der Waals surface area contributed by atoms with Crippen molar-refractivity contribution in [2.24, 2.45) is 10.9 Å². The van der Waals surface area contributed by atoms with E-state index in [1.165, 1.54) is 16.8 Å². The number of amidine groups is 1. The molecule has 0 heterocycles. The van der Waals surface area contributed by atoms with Crippen LogP contribution in [0.4, 0.5) is 5.69 Å². The lowest BCUT2D eigenvalue weighted by atomic mass is 10.0. The van der Waals surface area contributed by atoms with Crippen LogP contribution in [0.5, 0.6) is 0 Å². The Hall–Kier alpha value is -2.49. The van der Waals surface area contributed by atoms with Gasteiger partial charge in [-0.3, -0.25) is 0 Å². The van der Waals surface area contributed by atoms with Crippen molar-refractivity contribution in [1.82, 2.24) is 0 Å². The van der Waals surface area contributed by atoms with Crippen LogP contribution < -0.4 is 10.6 Å². The summed E-state index contributed by atoms with van der Waals surface area (Å²) in [5.41, 5.74) is 11.2. The second kappa shape index (κ2) is 6.31. The third-order valence-corrected chi connectivity index (χ3v) is 3.57. The van der Waals surface area contributed by atoms with E-state index < -0.39 is 0 Å². The minimum absolute atomic E-state index is 0.139. The van der Waals surface area contributed by atoms with Gasteiger partial charge in [-0.15, -0.1) is 0 Å². The molecule has 4 nitrogen and oxygen atoms in total. The molecule has 2 rings (SSSR count). The molecule has 0 spiro atoms. The minimum atomic E-state index is 0.139. The summed E-state index contributed by atoms with van der Waals surface area (Å²) < 4.78 is 0. The molecule has 0 saturated heterocycles. The van der Waals surface area contributed by atoms with Gasteiger partial charge in [0, 0.05) is 24.8 Å². The number of aryl methyl sites for hydroxylation is 2. The van der Waals surface area contributed by atoms with Crippen molar-refractivity contribution in [3.05, 3.63) is 64.7 Å². The molecule has 0 saturated carbocycles. The Kier molecular flexibility index (Phi) is 4.48. The quantitative estimate of drug-likeness (QED) is 0.392. The van der Waals surface area contributed by atoms with Crippen molar-refractivity contribution in [1.29, 1.82) is 0 Å². The zero-order chi connectivity index (χ0) is 15.4. The van der Waals surface area contributed by atoms with Crippen molar-refractivity contribution in [3.63, 3.8) is 0 Å². The molecule has 0 unspecified atom stereocenters. The summed E-state index contributed by atoms with van der Waals surface area (Å²) in [6, 6.07) is 14.1. The highest BCUT2D eigenvalue weighted by Crippen LogP contribution is 2.22. The van der Waals surface area contributed by atoms with E-state index in [9.17, 15) is 0 Å². The monoisotopic (exact) mass is 283 g/mol. The van der Waals surface area contributed by atoms with Gasteiger partial charge in [-0.25, -0.2) is 0 Å². The Labute approximate surface area is 125 Å². The van der Waals surface area contributed by atoms with Gasteiger partial charge in [0.25, 0.3) is 0 Å². The van der Waals surface area contributed by atoms with E-state index in [1.54, 1.807) is 0 Å². The minimum Gasteiger partial charge on any atom is -0.409 e. The van der Waals surface area contributed by atoms with Gasteiger partial charge in [-0.2, -0.15) is 0 Å². The lowest BCUT2D eigenvalue weighted by Crippen LogP contribution is -2.22. The molecule has 4 heteroatoms. The lowest BCUT2D eigenvalue weighted by Gasteiger charge is -2.23. The van der Waals surface area contributed by atoms with Gasteiger partial charge in [0.15, 0.2) is 5.84 Å². The molecular weight excluding hydrogens is 262 g/mol. The molecular formula is C17H21N3O. The zero-order valence-corrected chi connectivity index (χ0v) is 12.7. The fraction of sp³-hybridized carbons (Fsp3) is 0.235. The van der Waals surface area contributed by atoms with E-state index in [1.807, 2.05) is 31.3 Å². The molecule has 2 aromatic carbocycles. The SMILES string of the molecule is Cc1ccc(N(C)Cc2ccccc2C(N)=NO)c(C)c1. The summed E-state index contributed by atoms with van der Waals surface area (Å²) in [7, 11) is 2.04. The molecule has 0 atom stereocenters. The number of nitrogens with two attached hydrogens (primary N) is 1. The summed E-state index contributed by atoms with van der Waals surface area (Å²) in [4.78, 5) is 2.16. The van der Waals surface area contributed by atoms with Gasteiger partial charge < -0.3 is 15.8 Å². The summed E-state index contributed by atoms with van der Waals surface area (Å²) in [5, 5.41) is 12.0. The zero-order valence-electron chi connectivity index (χ0n) is 12.7. The molecule has 0 aliphatic heterocycles. The summed E-state index contributed by atoms with van der Waals surface area (Å²) in [6.07, 6.45) is 0. The third kappa shape index (κ3) is 3.34. The van der Waals surface area contributed by atoms with E-state index >= 15 is 0 Å². The predicted octanol–water partition coefficient (Wildman–Crippen LogP) is 3.03. The van der Waals surface area contributed by atoms with Gasteiger partial charge in [-0.05, 0) is 31.0 Å². The largest absolute Gasteiger partial charge is 0.409 e. The fourth-order valence-electron chi connectivity index (χ4n) is 2.54. The van der Waals surface area contributed by atoms with E-state index in [0.29, 0.717) is 6.54 Å². The Bertz CT molecular complexity index is 665.